The molecule has 3 N–H and O–H groups in total. The summed E-state index contributed by atoms with van der Waals surface area (Å²) >= 11 is 3.94. The zero-order chi connectivity index (χ0) is 13.2. The van der Waals surface area contributed by atoms with Crippen molar-refractivity contribution in [2.45, 2.75) is 25.1 Å². The third-order valence-corrected chi connectivity index (χ3v) is 5.91. The smallest absolute Gasteiger partial charge is 0.0805 e. The van der Waals surface area contributed by atoms with Gasteiger partial charge in [-0.05, 0) is 41.9 Å². The van der Waals surface area contributed by atoms with Crippen LogP contribution in [0.4, 0.5) is 0 Å². The van der Waals surface area contributed by atoms with E-state index in [0.29, 0.717) is 0 Å². The number of nitrogens with two attached hydrogens (primary N) is 1. The highest BCUT2D eigenvalue weighted by atomic mass is 32.2. The fraction of sp³-hybridized carbons (Fsp3) is 0.333. The first-order valence-electron chi connectivity index (χ1n) is 6.50. The molecule has 0 fully saturated rings. The molecule has 0 radical (unpaired) electrons. The first kappa shape index (κ1) is 13.2. The van der Waals surface area contributed by atoms with Crippen LogP contribution in [0.25, 0.3) is 0 Å². The molecule has 1 unspecified atom stereocenters. The minimum atomic E-state index is 0.113. The predicted octanol–water partition coefficient (Wildman–Crippen LogP) is 3.40. The molecule has 1 aliphatic heterocycles. The van der Waals surface area contributed by atoms with Gasteiger partial charge in [-0.2, -0.15) is 11.8 Å². The zero-order valence-corrected chi connectivity index (χ0v) is 12.6. The predicted molar refractivity (Wildman–Crippen MR) is 84.5 cm³/mol. The number of thioether (sulfide) groups is 1. The molecule has 19 heavy (non-hydrogen) atoms. The number of aryl methyl sites for hydroxylation is 2. The summed E-state index contributed by atoms with van der Waals surface area (Å²) < 4.78 is 0. The van der Waals surface area contributed by atoms with Crippen LogP contribution in [0.15, 0.2) is 30.3 Å². The molecule has 1 aromatic carbocycles. The van der Waals surface area contributed by atoms with Gasteiger partial charge in [-0.25, -0.2) is 5.43 Å². The van der Waals surface area contributed by atoms with Crippen molar-refractivity contribution in [3.8, 4) is 0 Å². The topological polar surface area (TPSA) is 38.0 Å². The van der Waals surface area contributed by atoms with Crippen LogP contribution in [0.1, 0.15) is 32.5 Å². The summed E-state index contributed by atoms with van der Waals surface area (Å²) in [5, 5.41) is 0. The average molecular weight is 290 g/mol. The van der Waals surface area contributed by atoms with Crippen molar-refractivity contribution in [3.63, 3.8) is 0 Å². The van der Waals surface area contributed by atoms with Gasteiger partial charge < -0.3 is 0 Å². The van der Waals surface area contributed by atoms with Crippen LogP contribution in [0.2, 0.25) is 0 Å². The Hall–Kier alpha value is -0.810. The van der Waals surface area contributed by atoms with Crippen molar-refractivity contribution in [1.82, 2.24) is 5.43 Å². The van der Waals surface area contributed by atoms with E-state index in [0.717, 1.165) is 5.75 Å². The number of fused-ring (bicyclic) bond motifs is 1. The van der Waals surface area contributed by atoms with Crippen LogP contribution in [0.3, 0.4) is 0 Å². The molecule has 0 bridgehead atoms. The Bertz CT molecular complexity index is 554. The van der Waals surface area contributed by atoms with Crippen molar-refractivity contribution in [3.05, 3.63) is 56.8 Å². The fourth-order valence-electron chi connectivity index (χ4n) is 2.55. The number of thiophene rings is 1. The first-order valence-corrected chi connectivity index (χ1v) is 8.47. The number of hydrogen-bond acceptors (Lipinski definition) is 4. The van der Waals surface area contributed by atoms with Crippen LogP contribution in [0.5, 0.6) is 0 Å². The molecule has 0 spiro atoms. The van der Waals surface area contributed by atoms with E-state index < -0.39 is 0 Å². The third kappa shape index (κ3) is 2.58. The molecule has 1 aromatic heterocycles. The van der Waals surface area contributed by atoms with Crippen LogP contribution in [-0.2, 0) is 12.2 Å². The Morgan fingerprint density at radius 2 is 2.16 bits per heavy atom. The highest BCUT2D eigenvalue weighted by Gasteiger charge is 2.20. The van der Waals surface area contributed by atoms with Gasteiger partial charge in [0.05, 0.1) is 6.04 Å². The Kier molecular flexibility index (Phi) is 3.93. The number of benzene rings is 1. The van der Waals surface area contributed by atoms with E-state index in [-0.39, 0.29) is 6.04 Å². The molecule has 1 aliphatic rings. The SMILES string of the molecule is Cc1ccccc1C(NN)c1cc2c(s1)CCSC2. The summed E-state index contributed by atoms with van der Waals surface area (Å²) in [6.45, 7) is 2.14. The van der Waals surface area contributed by atoms with Gasteiger partial charge in [0.1, 0.15) is 0 Å². The highest BCUT2D eigenvalue weighted by Crippen LogP contribution is 2.36. The van der Waals surface area contributed by atoms with Gasteiger partial charge in [0.15, 0.2) is 0 Å². The second-order valence-electron chi connectivity index (χ2n) is 4.86. The van der Waals surface area contributed by atoms with Gasteiger partial charge in [-0.3, -0.25) is 5.84 Å². The Morgan fingerprint density at radius 1 is 1.32 bits per heavy atom. The lowest BCUT2D eigenvalue weighted by molar-refractivity contribution is 0.643. The summed E-state index contributed by atoms with van der Waals surface area (Å²) in [4.78, 5) is 2.88. The maximum Gasteiger partial charge on any atom is 0.0805 e. The van der Waals surface area contributed by atoms with Crippen molar-refractivity contribution in [2.24, 2.45) is 5.84 Å². The number of hydrazine groups is 1. The van der Waals surface area contributed by atoms with Crippen LogP contribution in [0, 0.1) is 6.92 Å². The molecule has 2 aromatic rings. The van der Waals surface area contributed by atoms with Crippen molar-refractivity contribution >= 4 is 23.1 Å². The van der Waals surface area contributed by atoms with Gasteiger partial charge in [-0.15, -0.1) is 11.3 Å². The van der Waals surface area contributed by atoms with Crippen molar-refractivity contribution in [2.75, 3.05) is 5.75 Å². The number of hydrogen-bond donors (Lipinski definition) is 2. The molecule has 100 valence electrons. The van der Waals surface area contributed by atoms with Crippen LogP contribution >= 0.6 is 23.1 Å². The first-order chi connectivity index (χ1) is 9.29. The van der Waals surface area contributed by atoms with Crippen LogP contribution < -0.4 is 11.3 Å². The van der Waals surface area contributed by atoms with E-state index in [9.17, 15) is 0 Å². The van der Waals surface area contributed by atoms with E-state index in [1.54, 1.807) is 4.88 Å². The average Bonchev–Trinajstić information content (AvgIpc) is 2.85. The van der Waals surface area contributed by atoms with E-state index in [4.69, 9.17) is 5.84 Å². The molecule has 2 nitrogen and oxygen atoms in total. The van der Waals surface area contributed by atoms with Crippen molar-refractivity contribution < 1.29 is 0 Å². The Balaban J connectivity index is 1.98. The fourth-order valence-corrected chi connectivity index (χ4v) is 5.00. The molecule has 4 heteroatoms. The Morgan fingerprint density at radius 3 is 2.89 bits per heavy atom. The summed E-state index contributed by atoms with van der Waals surface area (Å²) in [6, 6.07) is 10.9. The minimum Gasteiger partial charge on any atom is -0.271 e. The number of nitrogens with one attached hydrogen (secondary N) is 1. The largest absolute Gasteiger partial charge is 0.271 e. The lowest BCUT2D eigenvalue weighted by Gasteiger charge is -2.17. The van der Waals surface area contributed by atoms with Gasteiger partial charge in [0, 0.05) is 15.5 Å². The maximum absolute atomic E-state index is 5.82. The monoisotopic (exact) mass is 290 g/mol. The molecule has 0 saturated carbocycles. The summed E-state index contributed by atoms with van der Waals surface area (Å²) in [5.41, 5.74) is 7.05. The zero-order valence-electron chi connectivity index (χ0n) is 11.0. The normalized spacial score (nSPS) is 16.1. The second-order valence-corrected chi connectivity index (χ2v) is 7.13. The Labute approximate surface area is 122 Å². The molecule has 0 amide bonds. The standard InChI is InChI=1S/C15H18N2S2/c1-10-4-2-3-5-12(10)15(17-16)14-8-11-9-18-7-6-13(11)19-14/h2-5,8,15,17H,6-7,9,16H2,1H3. The summed E-state index contributed by atoms with van der Waals surface area (Å²) in [7, 11) is 0. The minimum absolute atomic E-state index is 0.113. The summed E-state index contributed by atoms with van der Waals surface area (Å²) in [6.07, 6.45) is 1.20. The van der Waals surface area contributed by atoms with E-state index in [1.807, 2.05) is 23.1 Å². The number of rotatable bonds is 3. The molecular formula is C15H18N2S2. The lowest BCUT2D eigenvalue weighted by atomic mass is 10.00. The molecule has 3 rings (SSSR count). The molecular weight excluding hydrogens is 272 g/mol. The van der Waals surface area contributed by atoms with E-state index in [1.165, 1.54) is 33.7 Å². The van der Waals surface area contributed by atoms with Gasteiger partial charge in [0.2, 0.25) is 0 Å². The van der Waals surface area contributed by atoms with Gasteiger partial charge >= 0.3 is 0 Å². The lowest BCUT2D eigenvalue weighted by Crippen LogP contribution is -2.28. The van der Waals surface area contributed by atoms with E-state index >= 15 is 0 Å². The third-order valence-electron chi connectivity index (χ3n) is 3.60. The molecule has 0 aliphatic carbocycles. The second kappa shape index (κ2) is 5.67. The van der Waals surface area contributed by atoms with Gasteiger partial charge in [-0.1, -0.05) is 24.3 Å². The van der Waals surface area contributed by atoms with E-state index in [2.05, 4.69) is 42.7 Å². The quantitative estimate of drug-likeness (QED) is 0.672. The molecule has 1 atom stereocenters. The van der Waals surface area contributed by atoms with Crippen LogP contribution in [-0.4, -0.2) is 5.75 Å². The van der Waals surface area contributed by atoms with Gasteiger partial charge in [0.25, 0.3) is 0 Å². The summed E-state index contributed by atoms with van der Waals surface area (Å²) in [5.74, 6) is 8.21. The molecule has 0 saturated heterocycles. The molecule has 2 heterocycles. The highest BCUT2D eigenvalue weighted by molar-refractivity contribution is 7.98. The van der Waals surface area contributed by atoms with Crippen molar-refractivity contribution in [1.29, 1.82) is 0 Å². The maximum atomic E-state index is 5.82.